The average molecular weight is 555 g/mol. The topological polar surface area (TPSA) is 125 Å². The number of carbonyl (C=O) groups excluding carboxylic acids is 2. The van der Waals surface area contributed by atoms with Crippen LogP contribution in [-0.2, 0) is 28.7 Å². The molecule has 2 aromatic heterocycles. The van der Waals surface area contributed by atoms with Crippen LogP contribution in [0, 0.1) is 0 Å². The summed E-state index contributed by atoms with van der Waals surface area (Å²) < 4.78 is 53.9. The number of nitrogens with zero attached hydrogens (tertiary/aromatic N) is 4. The lowest BCUT2D eigenvalue weighted by atomic mass is 10.0. The minimum absolute atomic E-state index is 0.0281. The van der Waals surface area contributed by atoms with E-state index in [1.165, 1.54) is 35.3 Å². The van der Waals surface area contributed by atoms with Crippen molar-refractivity contribution in [3.8, 4) is 11.6 Å². The second-order valence-corrected chi connectivity index (χ2v) is 9.19. The van der Waals surface area contributed by atoms with Gasteiger partial charge in [-0.3, -0.25) is 14.3 Å². The number of hydrogen-bond donors (Lipinski definition) is 2. The summed E-state index contributed by atoms with van der Waals surface area (Å²) in [6.45, 7) is 2.21. The van der Waals surface area contributed by atoms with Gasteiger partial charge in [-0.15, -0.1) is 0 Å². The third-order valence-electron chi connectivity index (χ3n) is 6.32. The molecule has 3 heterocycles. The van der Waals surface area contributed by atoms with Gasteiger partial charge >= 0.3 is 12.2 Å². The average Bonchev–Trinajstić information content (AvgIpc) is 3.33. The number of carbonyl (C=O) groups is 2. The van der Waals surface area contributed by atoms with Gasteiger partial charge in [0.1, 0.15) is 12.1 Å². The second kappa shape index (κ2) is 11.3. The quantitative estimate of drug-likeness (QED) is 0.351. The van der Waals surface area contributed by atoms with Crippen LogP contribution in [0.2, 0.25) is 0 Å². The predicted molar refractivity (Wildman–Crippen MR) is 139 cm³/mol. The van der Waals surface area contributed by atoms with Crippen molar-refractivity contribution in [3.05, 3.63) is 77.9 Å². The van der Waals surface area contributed by atoms with Crippen LogP contribution in [0.3, 0.4) is 0 Å². The molecule has 1 aliphatic heterocycles. The van der Waals surface area contributed by atoms with E-state index in [0.29, 0.717) is 48.6 Å². The van der Waals surface area contributed by atoms with E-state index < -0.39 is 23.7 Å². The van der Waals surface area contributed by atoms with Gasteiger partial charge in [0.15, 0.2) is 0 Å². The first-order valence-electron chi connectivity index (χ1n) is 12.4. The molecule has 208 valence electrons. The molecule has 1 saturated heterocycles. The van der Waals surface area contributed by atoms with Gasteiger partial charge in [-0.05, 0) is 42.0 Å². The van der Waals surface area contributed by atoms with Crippen LogP contribution >= 0.6 is 0 Å². The Morgan fingerprint density at radius 3 is 2.60 bits per heavy atom. The molecule has 0 spiro atoms. The van der Waals surface area contributed by atoms with Crippen LogP contribution in [0.5, 0.6) is 11.6 Å². The zero-order valence-corrected chi connectivity index (χ0v) is 21.1. The predicted octanol–water partition coefficient (Wildman–Crippen LogP) is 4.18. The number of nitrogens with two attached hydrogens (primary N) is 1. The Kier molecular flexibility index (Phi) is 7.67. The van der Waals surface area contributed by atoms with Gasteiger partial charge in [0.2, 0.25) is 11.8 Å². The summed E-state index contributed by atoms with van der Waals surface area (Å²) >= 11 is 0. The molecule has 0 radical (unpaired) electrons. The number of hydrogen-bond acceptors (Lipinski definition) is 7. The molecule has 2 aromatic carbocycles. The summed E-state index contributed by atoms with van der Waals surface area (Å²) in [5.74, 6) is 0.0876. The van der Waals surface area contributed by atoms with E-state index >= 15 is 0 Å². The highest BCUT2D eigenvalue weighted by Crippen LogP contribution is 2.35. The van der Waals surface area contributed by atoms with Crippen LogP contribution < -0.4 is 15.8 Å². The molecule has 10 nitrogen and oxygen atoms in total. The summed E-state index contributed by atoms with van der Waals surface area (Å²) in [6.07, 6.45) is -1.87. The highest BCUT2D eigenvalue weighted by molar-refractivity contribution is 5.98. The number of amides is 2. The smallest absolute Gasteiger partial charge is 0.416 e. The Balaban J connectivity index is 1.32. The minimum atomic E-state index is -4.58. The summed E-state index contributed by atoms with van der Waals surface area (Å²) in [4.78, 5) is 34.0. The molecule has 1 aliphatic rings. The van der Waals surface area contributed by atoms with Gasteiger partial charge in [0.25, 0.3) is 0 Å². The van der Waals surface area contributed by atoms with E-state index in [1.807, 2.05) is 4.90 Å². The maximum Gasteiger partial charge on any atom is 0.416 e. The molecule has 13 heteroatoms. The number of alkyl halides is 3. The van der Waals surface area contributed by atoms with Crippen molar-refractivity contribution in [2.75, 3.05) is 31.6 Å². The molecule has 0 unspecified atom stereocenters. The van der Waals surface area contributed by atoms with Crippen LogP contribution in [0.15, 0.2) is 61.1 Å². The monoisotopic (exact) mass is 554 g/mol. The van der Waals surface area contributed by atoms with Crippen molar-refractivity contribution in [1.29, 1.82) is 0 Å². The van der Waals surface area contributed by atoms with Crippen molar-refractivity contribution >= 4 is 28.5 Å². The number of anilines is 1. The molecule has 0 saturated carbocycles. The standard InChI is InChI=1S/C27H25F3N6O4/c28-27(29,30)22-12-19(2-1-18(22)15-35-7-9-39-10-8-35)34-26(38)36-6-5-17-11-21(3-4-23(17)36)40-25-14-20(13-24(31)37)32-16-33-25/h1-6,11-12,14,16H,7-10,13,15H2,(H2,31,37)(H,34,38). The summed E-state index contributed by atoms with van der Waals surface area (Å²) in [7, 11) is 0. The molecule has 5 rings (SSSR count). The fourth-order valence-electron chi connectivity index (χ4n) is 4.43. The van der Waals surface area contributed by atoms with E-state index in [2.05, 4.69) is 15.3 Å². The Labute approximate surface area is 226 Å². The highest BCUT2D eigenvalue weighted by atomic mass is 19.4. The lowest BCUT2D eigenvalue weighted by Gasteiger charge is -2.27. The number of ether oxygens (including phenoxy) is 2. The molecule has 2 amide bonds. The van der Waals surface area contributed by atoms with Gasteiger partial charge in [0, 0.05) is 43.0 Å². The fraction of sp³-hybridized carbons (Fsp3) is 0.259. The maximum absolute atomic E-state index is 13.9. The van der Waals surface area contributed by atoms with Gasteiger partial charge in [-0.1, -0.05) is 6.07 Å². The number of nitrogens with one attached hydrogen (secondary N) is 1. The normalized spacial score (nSPS) is 14.3. The van der Waals surface area contributed by atoms with Gasteiger partial charge in [-0.2, -0.15) is 13.2 Å². The second-order valence-electron chi connectivity index (χ2n) is 9.19. The molecule has 0 bridgehead atoms. The van der Waals surface area contributed by atoms with Crippen molar-refractivity contribution in [3.63, 3.8) is 0 Å². The van der Waals surface area contributed by atoms with Crippen LogP contribution in [0.25, 0.3) is 10.9 Å². The molecule has 4 aromatic rings. The summed E-state index contributed by atoms with van der Waals surface area (Å²) in [6, 6.07) is 11.3. The van der Waals surface area contributed by atoms with E-state index in [4.69, 9.17) is 15.2 Å². The first kappa shape index (κ1) is 27.1. The number of primary amides is 1. The number of fused-ring (bicyclic) bond motifs is 1. The number of halogens is 3. The molecule has 0 atom stereocenters. The molecule has 3 N–H and O–H groups in total. The van der Waals surface area contributed by atoms with Crippen molar-refractivity contribution in [1.82, 2.24) is 19.4 Å². The van der Waals surface area contributed by atoms with Crippen LogP contribution in [0.1, 0.15) is 16.8 Å². The van der Waals surface area contributed by atoms with Gasteiger partial charge in [0.05, 0.1) is 36.4 Å². The van der Waals surface area contributed by atoms with Crippen LogP contribution in [0.4, 0.5) is 23.7 Å². The van der Waals surface area contributed by atoms with E-state index in [-0.39, 0.29) is 30.1 Å². The Morgan fingerprint density at radius 1 is 1.05 bits per heavy atom. The van der Waals surface area contributed by atoms with Gasteiger partial charge in [-0.25, -0.2) is 14.8 Å². The third-order valence-corrected chi connectivity index (χ3v) is 6.32. The lowest BCUT2D eigenvalue weighted by Crippen LogP contribution is -2.36. The molecule has 1 fully saturated rings. The van der Waals surface area contributed by atoms with E-state index in [0.717, 1.165) is 6.07 Å². The summed E-state index contributed by atoms with van der Waals surface area (Å²) in [5, 5.41) is 3.21. The zero-order chi connectivity index (χ0) is 28.3. The number of aromatic nitrogens is 3. The molecular weight excluding hydrogens is 529 g/mol. The number of rotatable bonds is 7. The Morgan fingerprint density at radius 2 is 1.85 bits per heavy atom. The fourth-order valence-corrected chi connectivity index (χ4v) is 4.43. The number of benzene rings is 2. The third kappa shape index (κ3) is 6.38. The largest absolute Gasteiger partial charge is 0.439 e. The lowest BCUT2D eigenvalue weighted by molar-refractivity contribution is -0.138. The van der Waals surface area contributed by atoms with Gasteiger partial charge < -0.3 is 20.5 Å². The van der Waals surface area contributed by atoms with Crippen molar-refractivity contribution in [2.24, 2.45) is 5.73 Å². The highest BCUT2D eigenvalue weighted by Gasteiger charge is 2.34. The first-order valence-corrected chi connectivity index (χ1v) is 12.4. The Hall–Kier alpha value is -4.49. The first-order chi connectivity index (χ1) is 19.2. The summed E-state index contributed by atoms with van der Waals surface area (Å²) in [5.41, 5.74) is 5.50. The van der Waals surface area contributed by atoms with Crippen molar-refractivity contribution < 1.29 is 32.2 Å². The molecule has 0 aliphatic carbocycles. The maximum atomic E-state index is 13.9. The zero-order valence-electron chi connectivity index (χ0n) is 21.1. The SMILES string of the molecule is NC(=O)Cc1cc(Oc2ccc3c(ccn3C(=O)Nc3ccc(CN4CCOCC4)c(C(F)(F)F)c3)c2)ncn1. The molecule has 40 heavy (non-hydrogen) atoms. The molecular formula is C27H25F3N6O4. The number of morpholine rings is 1. The Bertz CT molecular complexity index is 1550. The van der Waals surface area contributed by atoms with E-state index in [9.17, 15) is 22.8 Å². The minimum Gasteiger partial charge on any atom is -0.439 e. The van der Waals surface area contributed by atoms with Crippen LogP contribution in [-0.4, -0.2) is 57.7 Å². The van der Waals surface area contributed by atoms with Crippen molar-refractivity contribution in [2.45, 2.75) is 19.1 Å². The van der Waals surface area contributed by atoms with E-state index in [1.54, 1.807) is 24.3 Å².